The van der Waals surface area contributed by atoms with Gasteiger partial charge in [0.25, 0.3) is 0 Å². The van der Waals surface area contributed by atoms with Gasteiger partial charge in [-0.25, -0.2) is 0 Å². The van der Waals surface area contributed by atoms with E-state index in [0.29, 0.717) is 11.3 Å². The number of ether oxygens (including phenoxy) is 5. The van der Waals surface area contributed by atoms with Crippen molar-refractivity contribution < 1.29 is 47.7 Å². The van der Waals surface area contributed by atoms with Gasteiger partial charge in [0.2, 0.25) is 5.91 Å². The van der Waals surface area contributed by atoms with Gasteiger partial charge in [-0.2, -0.15) is 0 Å². The second-order valence-electron chi connectivity index (χ2n) is 9.95. The Morgan fingerprint density at radius 3 is 1.59 bits per heavy atom. The molecule has 11 nitrogen and oxygen atoms in total. The van der Waals surface area contributed by atoms with Crippen LogP contribution in [-0.4, -0.2) is 70.9 Å². The fourth-order valence-corrected chi connectivity index (χ4v) is 5.34. The number of esters is 4. The van der Waals surface area contributed by atoms with Crippen molar-refractivity contribution in [3.05, 3.63) is 29.8 Å². The van der Waals surface area contributed by atoms with Crippen LogP contribution in [0.2, 0.25) is 0 Å². The van der Waals surface area contributed by atoms with E-state index in [1.165, 1.54) is 7.11 Å². The number of amides is 1. The van der Waals surface area contributed by atoms with E-state index in [1.54, 1.807) is 45.0 Å². The molecule has 0 bridgehead atoms. The molecule has 37 heavy (non-hydrogen) atoms. The number of carbonyl (C=O) groups is 5. The summed E-state index contributed by atoms with van der Waals surface area (Å²) in [5, 5.41) is 2.81. The first-order valence-corrected chi connectivity index (χ1v) is 11.6. The van der Waals surface area contributed by atoms with Crippen LogP contribution < -0.4 is 10.1 Å². The summed E-state index contributed by atoms with van der Waals surface area (Å²) in [7, 11) is 5.76. The molecule has 2 atom stereocenters. The fourth-order valence-electron chi connectivity index (χ4n) is 5.34. The first kappa shape index (κ1) is 29.6. The lowest BCUT2D eigenvalue weighted by Crippen LogP contribution is -2.48. The van der Waals surface area contributed by atoms with Crippen molar-refractivity contribution in [2.45, 2.75) is 45.1 Å². The number of methoxy groups -OCH3 is 5. The summed E-state index contributed by atoms with van der Waals surface area (Å²) in [5.74, 6) is -6.69. The van der Waals surface area contributed by atoms with Gasteiger partial charge in [0, 0.05) is 30.2 Å². The predicted molar refractivity (Wildman–Crippen MR) is 129 cm³/mol. The summed E-state index contributed by atoms with van der Waals surface area (Å²) >= 11 is 0. The van der Waals surface area contributed by atoms with Crippen LogP contribution in [0.5, 0.6) is 5.75 Å². The average molecular weight is 522 g/mol. The number of hydrogen-bond donors (Lipinski definition) is 1. The second-order valence-corrected chi connectivity index (χ2v) is 9.95. The SMILES string of the molecule is COC(=O)C1(C(=O)OC)CC(C(=O)OC)(C(=O)OC)[C@H](c2ccc(OC)cc2)[C@H]1CC(=O)NC(C)(C)C. The van der Waals surface area contributed by atoms with Gasteiger partial charge in [0.1, 0.15) is 5.75 Å². The molecule has 0 heterocycles. The van der Waals surface area contributed by atoms with Gasteiger partial charge in [-0.15, -0.1) is 0 Å². The molecule has 1 N–H and O–H groups in total. The number of carbonyl (C=O) groups excluding carboxylic acids is 5. The zero-order valence-corrected chi connectivity index (χ0v) is 22.5. The molecular weight excluding hydrogens is 486 g/mol. The van der Waals surface area contributed by atoms with Crippen LogP contribution in [0.4, 0.5) is 0 Å². The largest absolute Gasteiger partial charge is 0.497 e. The molecule has 0 aromatic heterocycles. The average Bonchev–Trinajstić information content (AvgIpc) is 3.17. The maximum absolute atomic E-state index is 13.5. The molecule has 1 aromatic rings. The third kappa shape index (κ3) is 5.26. The Bertz CT molecular complexity index is 1010. The van der Waals surface area contributed by atoms with Crippen molar-refractivity contribution in [2.75, 3.05) is 35.5 Å². The van der Waals surface area contributed by atoms with Gasteiger partial charge in [0.15, 0.2) is 10.8 Å². The summed E-state index contributed by atoms with van der Waals surface area (Å²) in [6, 6.07) is 6.36. The number of nitrogens with one attached hydrogen (secondary N) is 1. The molecular formula is C26H35NO10. The minimum atomic E-state index is -2.22. The monoisotopic (exact) mass is 521 g/mol. The van der Waals surface area contributed by atoms with Gasteiger partial charge in [0.05, 0.1) is 35.5 Å². The predicted octanol–water partition coefficient (Wildman–Crippen LogP) is 1.77. The quantitative estimate of drug-likeness (QED) is 0.305. The first-order valence-electron chi connectivity index (χ1n) is 11.6. The molecule has 0 radical (unpaired) electrons. The Kier molecular flexibility index (Phi) is 8.95. The van der Waals surface area contributed by atoms with Gasteiger partial charge in [-0.1, -0.05) is 12.1 Å². The van der Waals surface area contributed by atoms with Crippen LogP contribution >= 0.6 is 0 Å². The van der Waals surface area contributed by atoms with Crippen LogP contribution in [0.3, 0.4) is 0 Å². The van der Waals surface area contributed by atoms with Crippen LogP contribution in [0.25, 0.3) is 0 Å². The van der Waals surface area contributed by atoms with Gasteiger partial charge in [-0.05, 0) is 38.5 Å². The zero-order chi connectivity index (χ0) is 28.2. The van der Waals surface area contributed by atoms with Gasteiger partial charge >= 0.3 is 23.9 Å². The first-order chi connectivity index (χ1) is 17.3. The molecule has 0 saturated heterocycles. The molecule has 0 unspecified atom stereocenters. The van der Waals surface area contributed by atoms with Crippen LogP contribution in [-0.2, 0) is 42.9 Å². The van der Waals surface area contributed by atoms with Crippen LogP contribution in [0.1, 0.15) is 45.1 Å². The van der Waals surface area contributed by atoms with Crippen molar-refractivity contribution in [1.82, 2.24) is 5.32 Å². The molecule has 204 valence electrons. The van der Waals surface area contributed by atoms with Crippen molar-refractivity contribution in [1.29, 1.82) is 0 Å². The Hall–Kier alpha value is -3.63. The smallest absolute Gasteiger partial charge is 0.323 e. The highest BCUT2D eigenvalue weighted by Crippen LogP contribution is 2.64. The van der Waals surface area contributed by atoms with E-state index in [1.807, 2.05) is 0 Å². The van der Waals surface area contributed by atoms with Crippen molar-refractivity contribution >= 4 is 29.8 Å². The standard InChI is InChI=1S/C26H35NO10/c1-24(2,3)27-18(28)13-17-19(15-9-11-16(33-4)12-10-15)26(22(31)36-7,23(32)37-8)14-25(17,20(29)34-5)21(30)35-6/h9-12,17,19H,13-14H2,1-8H3,(H,27,28)/t17-,19-/m1/s1. The van der Waals surface area contributed by atoms with Gasteiger partial charge < -0.3 is 29.0 Å². The maximum Gasteiger partial charge on any atom is 0.323 e. The second kappa shape index (κ2) is 11.2. The minimum Gasteiger partial charge on any atom is -0.497 e. The van der Waals surface area contributed by atoms with Crippen molar-refractivity contribution in [3.63, 3.8) is 0 Å². The highest BCUT2D eigenvalue weighted by atomic mass is 16.6. The summed E-state index contributed by atoms with van der Waals surface area (Å²) in [6.45, 7) is 5.30. The maximum atomic E-state index is 13.5. The molecule has 2 rings (SSSR count). The van der Waals surface area contributed by atoms with Crippen molar-refractivity contribution in [2.24, 2.45) is 16.7 Å². The Balaban J connectivity index is 2.98. The van der Waals surface area contributed by atoms with Crippen LogP contribution in [0.15, 0.2) is 24.3 Å². The number of benzene rings is 1. The molecule has 1 amide bonds. The lowest BCUT2D eigenvalue weighted by molar-refractivity contribution is -0.175. The summed E-state index contributed by atoms with van der Waals surface area (Å²) in [4.78, 5) is 67.0. The van der Waals surface area contributed by atoms with E-state index in [9.17, 15) is 24.0 Å². The zero-order valence-electron chi connectivity index (χ0n) is 22.5. The molecule has 1 saturated carbocycles. The van der Waals surface area contributed by atoms with E-state index in [4.69, 9.17) is 23.7 Å². The summed E-state index contributed by atoms with van der Waals surface area (Å²) < 4.78 is 25.3. The van der Waals surface area contributed by atoms with E-state index >= 15 is 0 Å². The molecule has 1 fully saturated rings. The normalized spacial score (nSPS) is 19.8. The highest BCUT2D eigenvalue weighted by molar-refractivity contribution is 6.08. The topological polar surface area (TPSA) is 144 Å². The van der Waals surface area contributed by atoms with E-state index < -0.39 is 70.8 Å². The number of rotatable bonds is 8. The van der Waals surface area contributed by atoms with E-state index in [-0.39, 0.29) is 0 Å². The molecule has 11 heteroatoms. The van der Waals surface area contributed by atoms with Gasteiger partial charge in [-0.3, -0.25) is 24.0 Å². The van der Waals surface area contributed by atoms with E-state index in [2.05, 4.69) is 5.32 Å². The lowest BCUT2D eigenvalue weighted by Gasteiger charge is -2.34. The summed E-state index contributed by atoms with van der Waals surface area (Å²) in [6.07, 6.45) is -1.11. The lowest BCUT2D eigenvalue weighted by atomic mass is 9.69. The molecule has 0 aliphatic heterocycles. The van der Waals surface area contributed by atoms with E-state index in [0.717, 1.165) is 28.4 Å². The third-order valence-corrected chi connectivity index (χ3v) is 6.72. The number of hydrogen-bond acceptors (Lipinski definition) is 10. The molecule has 1 aliphatic carbocycles. The summed E-state index contributed by atoms with van der Waals surface area (Å²) in [5.41, 5.74) is -4.68. The molecule has 0 spiro atoms. The highest BCUT2D eigenvalue weighted by Gasteiger charge is 2.75. The fraction of sp³-hybridized carbons (Fsp3) is 0.577. The molecule has 1 aromatic carbocycles. The minimum absolute atomic E-state index is 0.375. The third-order valence-electron chi connectivity index (χ3n) is 6.72. The Labute approximate surface area is 216 Å². The van der Waals surface area contributed by atoms with Crippen LogP contribution in [0, 0.1) is 16.7 Å². The van der Waals surface area contributed by atoms with Crippen molar-refractivity contribution in [3.8, 4) is 5.75 Å². The molecule has 1 aliphatic rings. The Morgan fingerprint density at radius 1 is 0.784 bits per heavy atom. The Morgan fingerprint density at radius 2 is 1.22 bits per heavy atom.